The van der Waals surface area contributed by atoms with Crippen LogP contribution in [-0.4, -0.2) is 45.5 Å². The van der Waals surface area contributed by atoms with Gasteiger partial charge in [-0.25, -0.2) is 15.0 Å². The van der Waals surface area contributed by atoms with E-state index in [0.29, 0.717) is 11.6 Å². The van der Waals surface area contributed by atoms with Gasteiger partial charge in [-0.15, -0.1) is 12.4 Å². The molecule has 2 fully saturated rings. The summed E-state index contributed by atoms with van der Waals surface area (Å²) in [6.07, 6.45) is 7.64. The molecule has 2 aromatic heterocycles. The number of nitrogens with zero attached hydrogens (tertiary/aromatic N) is 4. The van der Waals surface area contributed by atoms with Crippen molar-refractivity contribution in [3.05, 3.63) is 24.7 Å². The van der Waals surface area contributed by atoms with Crippen molar-refractivity contribution in [1.29, 1.82) is 0 Å². The van der Waals surface area contributed by atoms with Gasteiger partial charge in [-0.3, -0.25) is 4.79 Å². The molecule has 8 heteroatoms. The van der Waals surface area contributed by atoms with Gasteiger partial charge in [0.05, 0.1) is 11.2 Å². The van der Waals surface area contributed by atoms with Crippen LogP contribution in [0.4, 0.5) is 5.69 Å². The quantitative estimate of drug-likeness (QED) is 0.853. The number of hydrogen-bond acceptors (Lipinski definition) is 6. The Bertz CT molecular complexity index is 775. The standard InChI is InChI=1S/C17H22N6O.ClH/c1-11-8-12(22-16(24)17(18)3-4-17)10-23(9-11)13-2-5-20-15-14(13)19-6-7-21-15;/h2,5-7,11-12H,3-4,8-10,18H2,1H3,(H,22,24);1H/t11-,12+;/m0./s1. The Labute approximate surface area is 152 Å². The number of rotatable bonds is 3. The predicted octanol–water partition coefficient (Wildman–Crippen LogP) is 1.27. The molecule has 1 amide bonds. The molecular formula is C17H23ClN6O. The third-order valence-electron chi connectivity index (χ3n) is 4.93. The molecule has 2 aliphatic rings. The summed E-state index contributed by atoms with van der Waals surface area (Å²) in [4.78, 5) is 27.5. The van der Waals surface area contributed by atoms with E-state index in [2.05, 4.69) is 32.1 Å². The average molecular weight is 363 g/mol. The van der Waals surface area contributed by atoms with Crippen LogP contribution in [0.15, 0.2) is 24.7 Å². The van der Waals surface area contributed by atoms with Crippen molar-refractivity contribution in [3.63, 3.8) is 0 Å². The number of aromatic nitrogens is 3. The van der Waals surface area contributed by atoms with Gasteiger partial charge in [0.25, 0.3) is 0 Å². The van der Waals surface area contributed by atoms with E-state index in [1.165, 1.54) is 0 Å². The van der Waals surface area contributed by atoms with Gasteiger partial charge in [0.15, 0.2) is 5.65 Å². The fourth-order valence-electron chi connectivity index (χ4n) is 3.46. The minimum absolute atomic E-state index is 0. The number of pyridine rings is 1. The third-order valence-corrected chi connectivity index (χ3v) is 4.93. The lowest BCUT2D eigenvalue weighted by atomic mass is 9.95. The molecule has 0 aromatic carbocycles. The van der Waals surface area contributed by atoms with E-state index >= 15 is 0 Å². The van der Waals surface area contributed by atoms with Crippen molar-refractivity contribution in [2.24, 2.45) is 11.7 Å². The van der Waals surface area contributed by atoms with Gasteiger partial charge in [-0.05, 0) is 31.2 Å². The first-order valence-corrected chi connectivity index (χ1v) is 8.46. The summed E-state index contributed by atoms with van der Waals surface area (Å²) in [7, 11) is 0. The van der Waals surface area contributed by atoms with Crippen LogP contribution in [0.3, 0.4) is 0 Å². The number of hydrogen-bond donors (Lipinski definition) is 2. The maximum atomic E-state index is 12.3. The first-order valence-electron chi connectivity index (χ1n) is 8.46. The zero-order valence-electron chi connectivity index (χ0n) is 14.2. The molecule has 25 heavy (non-hydrogen) atoms. The van der Waals surface area contributed by atoms with Crippen LogP contribution in [0, 0.1) is 5.92 Å². The molecule has 1 aliphatic carbocycles. The summed E-state index contributed by atoms with van der Waals surface area (Å²) in [6.45, 7) is 3.88. The zero-order chi connectivity index (χ0) is 16.7. The lowest BCUT2D eigenvalue weighted by Crippen LogP contribution is -2.54. The molecule has 7 nitrogen and oxygen atoms in total. The van der Waals surface area contributed by atoms with Gasteiger partial charge in [0.1, 0.15) is 5.52 Å². The van der Waals surface area contributed by atoms with E-state index in [9.17, 15) is 4.79 Å². The van der Waals surface area contributed by atoms with Crippen molar-refractivity contribution >= 4 is 35.2 Å². The molecule has 0 radical (unpaired) electrons. The number of piperidine rings is 1. The predicted molar refractivity (Wildman–Crippen MR) is 98.7 cm³/mol. The van der Waals surface area contributed by atoms with Crippen LogP contribution in [0.5, 0.6) is 0 Å². The van der Waals surface area contributed by atoms with Gasteiger partial charge in [0.2, 0.25) is 5.91 Å². The van der Waals surface area contributed by atoms with Gasteiger partial charge >= 0.3 is 0 Å². The molecule has 1 aliphatic heterocycles. The van der Waals surface area contributed by atoms with E-state index in [4.69, 9.17) is 5.73 Å². The Kier molecular flexibility index (Phi) is 4.79. The van der Waals surface area contributed by atoms with Crippen LogP contribution in [0.2, 0.25) is 0 Å². The Hall–Kier alpha value is -1.99. The van der Waals surface area contributed by atoms with E-state index in [0.717, 1.165) is 43.6 Å². The van der Waals surface area contributed by atoms with Crippen molar-refractivity contribution < 1.29 is 4.79 Å². The summed E-state index contributed by atoms with van der Waals surface area (Å²) >= 11 is 0. The van der Waals surface area contributed by atoms with Crippen molar-refractivity contribution in [2.75, 3.05) is 18.0 Å². The van der Waals surface area contributed by atoms with Gasteiger partial charge in [0, 0.05) is 37.7 Å². The monoisotopic (exact) mass is 362 g/mol. The number of anilines is 1. The highest BCUT2D eigenvalue weighted by Crippen LogP contribution is 2.33. The minimum Gasteiger partial charge on any atom is -0.367 e. The van der Waals surface area contributed by atoms with Crippen molar-refractivity contribution in [2.45, 2.75) is 37.8 Å². The lowest BCUT2D eigenvalue weighted by Gasteiger charge is -2.38. The molecule has 0 unspecified atom stereocenters. The minimum atomic E-state index is -0.625. The zero-order valence-corrected chi connectivity index (χ0v) is 15.0. The van der Waals surface area contributed by atoms with Crippen LogP contribution in [0.1, 0.15) is 26.2 Å². The number of carbonyl (C=O) groups is 1. The first-order chi connectivity index (χ1) is 11.5. The Morgan fingerprint density at radius 2 is 1.96 bits per heavy atom. The Morgan fingerprint density at radius 3 is 2.72 bits per heavy atom. The maximum Gasteiger partial charge on any atom is 0.240 e. The van der Waals surface area contributed by atoms with E-state index in [-0.39, 0.29) is 24.4 Å². The number of halogens is 1. The topological polar surface area (TPSA) is 97.0 Å². The number of amides is 1. The fourth-order valence-corrected chi connectivity index (χ4v) is 3.46. The second-order valence-corrected chi connectivity index (χ2v) is 7.13. The number of carbonyl (C=O) groups excluding carboxylic acids is 1. The summed E-state index contributed by atoms with van der Waals surface area (Å²) < 4.78 is 0. The fraction of sp³-hybridized carbons (Fsp3) is 0.529. The SMILES string of the molecule is C[C@H]1C[C@@H](NC(=O)C2(N)CC2)CN(c2ccnc3nccnc23)C1.Cl. The Balaban J connectivity index is 0.00000182. The van der Waals surface area contributed by atoms with Crippen LogP contribution >= 0.6 is 12.4 Å². The van der Waals surface area contributed by atoms with Gasteiger partial charge in [-0.1, -0.05) is 6.92 Å². The molecule has 0 bridgehead atoms. The summed E-state index contributed by atoms with van der Waals surface area (Å²) in [6, 6.07) is 2.07. The Morgan fingerprint density at radius 1 is 1.24 bits per heavy atom. The molecule has 2 atom stereocenters. The maximum absolute atomic E-state index is 12.3. The van der Waals surface area contributed by atoms with E-state index in [1.54, 1.807) is 18.6 Å². The average Bonchev–Trinajstić information content (AvgIpc) is 3.33. The number of fused-ring (bicyclic) bond motifs is 1. The second-order valence-electron chi connectivity index (χ2n) is 7.13. The highest BCUT2D eigenvalue weighted by Gasteiger charge is 2.46. The molecule has 3 N–H and O–H groups in total. The smallest absolute Gasteiger partial charge is 0.240 e. The molecule has 3 heterocycles. The molecule has 134 valence electrons. The largest absolute Gasteiger partial charge is 0.367 e. The van der Waals surface area contributed by atoms with Gasteiger partial charge in [-0.2, -0.15) is 0 Å². The normalized spacial score (nSPS) is 24.5. The van der Waals surface area contributed by atoms with Gasteiger partial charge < -0.3 is 16.0 Å². The van der Waals surface area contributed by atoms with Crippen molar-refractivity contribution in [3.8, 4) is 0 Å². The van der Waals surface area contributed by atoms with E-state index in [1.807, 2.05) is 6.07 Å². The van der Waals surface area contributed by atoms with E-state index < -0.39 is 5.54 Å². The van der Waals surface area contributed by atoms with Crippen LogP contribution in [-0.2, 0) is 4.79 Å². The summed E-state index contributed by atoms with van der Waals surface area (Å²) in [5.74, 6) is 0.456. The first kappa shape index (κ1) is 17.8. The third kappa shape index (κ3) is 3.52. The molecule has 1 saturated heterocycles. The lowest BCUT2D eigenvalue weighted by molar-refractivity contribution is -0.124. The molecule has 4 rings (SSSR count). The molecule has 1 saturated carbocycles. The van der Waals surface area contributed by atoms with Crippen LogP contribution in [0.25, 0.3) is 11.2 Å². The van der Waals surface area contributed by atoms with Crippen LogP contribution < -0.4 is 16.0 Å². The molecule has 0 spiro atoms. The second kappa shape index (κ2) is 6.72. The highest BCUT2D eigenvalue weighted by atomic mass is 35.5. The summed E-state index contributed by atoms with van der Waals surface area (Å²) in [5.41, 5.74) is 7.85. The summed E-state index contributed by atoms with van der Waals surface area (Å²) in [5, 5.41) is 3.14. The number of nitrogens with two attached hydrogens (primary N) is 1. The highest BCUT2D eigenvalue weighted by molar-refractivity contribution is 5.89. The molecule has 2 aromatic rings. The van der Waals surface area contributed by atoms with Crippen molar-refractivity contribution in [1.82, 2.24) is 20.3 Å². The molecular weight excluding hydrogens is 340 g/mol. The number of nitrogens with one attached hydrogen (secondary N) is 1.